The molecule has 64 heavy (non-hydrogen) atoms. The molecule has 2 aliphatic heterocycles. The van der Waals surface area contributed by atoms with Crippen LogP contribution >= 0.6 is 0 Å². The van der Waals surface area contributed by atoms with Crippen molar-refractivity contribution in [1.29, 1.82) is 0 Å². The Hall–Kier alpha value is -4.44. The fourth-order valence-corrected chi connectivity index (χ4v) is 9.68. The number of aryl methyl sites for hydroxylation is 4. The second-order valence-electron chi connectivity index (χ2n) is 18.7. The molecular formula is C60H86N4. The number of nitrogens with one attached hydrogen (secondary N) is 2. The summed E-state index contributed by atoms with van der Waals surface area (Å²) in [6.07, 6.45) is 56.3. The molecule has 346 valence electrons. The average molecular weight is 863 g/mol. The molecule has 0 spiro atoms. The quantitative estimate of drug-likeness (QED) is 0.0311. The van der Waals surface area contributed by atoms with Gasteiger partial charge in [0.05, 0.1) is 22.8 Å². The Morgan fingerprint density at radius 2 is 0.500 bits per heavy atom. The summed E-state index contributed by atoms with van der Waals surface area (Å²) in [5.74, 6) is 0. The van der Waals surface area contributed by atoms with E-state index in [1.54, 1.807) is 0 Å². The maximum absolute atomic E-state index is 5.54. The van der Waals surface area contributed by atoms with E-state index >= 15 is 0 Å². The lowest BCUT2D eigenvalue weighted by Crippen LogP contribution is -1.96. The molecule has 8 bridgehead atoms. The highest BCUT2D eigenvalue weighted by Crippen LogP contribution is 2.30. The first kappa shape index (κ1) is 50.6. The van der Waals surface area contributed by atoms with Gasteiger partial charge in [-0.25, -0.2) is 9.97 Å². The molecule has 3 aromatic heterocycles. The van der Waals surface area contributed by atoms with E-state index < -0.39 is 0 Å². The zero-order valence-electron chi connectivity index (χ0n) is 40.3. The molecule has 2 aliphatic rings. The van der Waals surface area contributed by atoms with Crippen LogP contribution in [0, 0.1) is 0 Å². The summed E-state index contributed by atoms with van der Waals surface area (Å²) < 4.78 is 0. The van der Waals surface area contributed by atoms with Crippen molar-refractivity contribution >= 4 is 46.4 Å². The van der Waals surface area contributed by atoms with Crippen molar-refractivity contribution in [2.75, 3.05) is 0 Å². The Morgan fingerprint density at radius 1 is 0.297 bits per heavy atom. The minimum absolute atomic E-state index is 1.02. The Labute approximate surface area is 390 Å². The first-order valence-corrected chi connectivity index (χ1v) is 26.2. The van der Waals surface area contributed by atoms with Gasteiger partial charge in [0.25, 0.3) is 0 Å². The summed E-state index contributed by atoms with van der Waals surface area (Å²) in [5.41, 5.74) is 14.7. The zero-order valence-corrected chi connectivity index (χ0v) is 40.3. The van der Waals surface area contributed by atoms with Gasteiger partial charge in [0.1, 0.15) is 0 Å². The van der Waals surface area contributed by atoms with E-state index in [0.717, 1.165) is 74.1 Å². The van der Waals surface area contributed by atoms with E-state index in [9.17, 15) is 0 Å². The topological polar surface area (TPSA) is 57.4 Å². The Balaban J connectivity index is 1.54. The number of hydrogen-bond donors (Lipinski definition) is 2. The van der Waals surface area contributed by atoms with Crippen molar-refractivity contribution in [3.8, 4) is 0 Å². The summed E-state index contributed by atoms with van der Waals surface area (Å²) in [7, 11) is 0. The van der Waals surface area contributed by atoms with Crippen molar-refractivity contribution in [2.24, 2.45) is 0 Å². The summed E-state index contributed by atoms with van der Waals surface area (Å²) >= 11 is 0. The molecule has 0 fully saturated rings. The molecule has 0 unspecified atom stereocenters. The average Bonchev–Trinajstić information content (AvgIpc) is 4.16. The maximum Gasteiger partial charge on any atom is 0.0690 e. The fourth-order valence-electron chi connectivity index (χ4n) is 9.68. The minimum Gasteiger partial charge on any atom is -0.355 e. The smallest absolute Gasteiger partial charge is 0.0690 e. The van der Waals surface area contributed by atoms with E-state index in [4.69, 9.17) is 9.97 Å². The fraction of sp³-hybridized carbons (Fsp3) is 0.533. The van der Waals surface area contributed by atoms with E-state index in [-0.39, 0.29) is 0 Å². The van der Waals surface area contributed by atoms with Crippen LogP contribution in [0.25, 0.3) is 46.4 Å². The number of rotatable bonds is 36. The molecule has 0 atom stereocenters. The lowest BCUT2D eigenvalue weighted by Gasteiger charge is -2.07. The Morgan fingerprint density at radius 3 is 0.719 bits per heavy atom. The lowest BCUT2D eigenvalue weighted by atomic mass is 10.0. The molecule has 4 heteroatoms. The maximum atomic E-state index is 5.54. The van der Waals surface area contributed by atoms with Crippen LogP contribution in [0.2, 0.25) is 0 Å². The predicted octanol–water partition coefficient (Wildman–Crippen LogP) is 18.5. The number of aromatic amines is 2. The molecule has 3 aromatic rings. The van der Waals surface area contributed by atoms with Gasteiger partial charge in [0.15, 0.2) is 0 Å². The number of H-pyrrole nitrogens is 2. The third kappa shape index (κ3) is 17.2. The summed E-state index contributed by atoms with van der Waals surface area (Å²) in [6.45, 7) is 15.6. The predicted molar refractivity (Wildman–Crippen MR) is 284 cm³/mol. The van der Waals surface area contributed by atoms with Crippen LogP contribution in [-0.4, -0.2) is 19.9 Å². The monoisotopic (exact) mass is 863 g/mol. The SMILES string of the molecule is C=CCCCCCCCCc1c2nc(c(CCCCCCCCC=C)c3ccc([nH]3)c(CCCCCCCCC=C)c3nc(c(CCCCCCCCC=C)c4ccc1[nH]4)C=C3)C=C2. The van der Waals surface area contributed by atoms with Gasteiger partial charge in [0.2, 0.25) is 0 Å². The lowest BCUT2D eigenvalue weighted by molar-refractivity contribution is 0.596. The third-order valence-corrected chi connectivity index (χ3v) is 13.5. The van der Waals surface area contributed by atoms with E-state index in [2.05, 4.69) is 109 Å². The molecule has 0 saturated carbocycles. The first-order chi connectivity index (χ1) is 31.7. The van der Waals surface area contributed by atoms with Crippen molar-refractivity contribution in [3.05, 3.63) is 120 Å². The first-order valence-electron chi connectivity index (χ1n) is 26.2. The molecule has 0 radical (unpaired) electrons. The molecule has 2 N–H and O–H groups in total. The van der Waals surface area contributed by atoms with Crippen molar-refractivity contribution < 1.29 is 0 Å². The highest BCUT2D eigenvalue weighted by Gasteiger charge is 2.16. The van der Waals surface area contributed by atoms with Crippen molar-refractivity contribution in [1.82, 2.24) is 19.9 Å². The zero-order chi connectivity index (χ0) is 44.9. The molecule has 0 saturated heterocycles. The van der Waals surface area contributed by atoms with Gasteiger partial charge in [-0.15, -0.1) is 26.3 Å². The Kier molecular flexibility index (Phi) is 24.2. The molecule has 4 nitrogen and oxygen atoms in total. The number of fused-ring (bicyclic) bond motifs is 8. The summed E-state index contributed by atoms with van der Waals surface area (Å²) in [4.78, 5) is 19.1. The number of allylic oxidation sites excluding steroid dienone is 4. The van der Waals surface area contributed by atoms with E-state index in [1.807, 2.05) is 0 Å². The van der Waals surface area contributed by atoms with Crippen LogP contribution in [0.15, 0.2) is 74.9 Å². The van der Waals surface area contributed by atoms with Crippen LogP contribution in [0.5, 0.6) is 0 Å². The highest BCUT2D eigenvalue weighted by molar-refractivity contribution is 5.83. The number of aromatic nitrogens is 4. The van der Waals surface area contributed by atoms with Gasteiger partial charge in [0, 0.05) is 44.3 Å². The standard InChI is InChI=1S/C60H86N4/c1-5-9-13-17-21-25-29-33-37-49-53-41-43-55(61-53)50(38-34-30-26-22-18-14-10-6-2)57-45-47-59(63-57)52(40-36-32-28-24-20-16-12-8-4)60-48-46-58(64-60)51(56-44-42-54(49)62-56)39-35-31-27-23-19-15-11-7-3/h5-8,41-48,61,64H,1-4,9-40H2. The van der Waals surface area contributed by atoms with Gasteiger partial charge in [-0.3, -0.25) is 0 Å². The molecule has 5 rings (SSSR count). The molecule has 0 amide bonds. The molecule has 0 aromatic carbocycles. The normalized spacial score (nSPS) is 12.0. The Bertz CT molecular complexity index is 1800. The van der Waals surface area contributed by atoms with Crippen LogP contribution in [-0.2, 0) is 25.7 Å². The summed E-state index contributed by atoms with van der Waals surface area (Å²) in [5, 5.41) is 0. The largest absolute Gasteiger partial charge is 0.355 e. The number of hydrogen-bond acceptors (Lipinski definition) is 2. The van der Waals surface area contributed by atoms with Gasteiger partial charge < -0.3 is 9.97 Å². The van der Waals surface area contributed by atoms with Gasteiger partial charge >= 0.3 is 0 Å². The van der Waals surface area contributed by atoms with Gasteiger partial charge in [-0.1, -0.05) is 127 Å². The van der Waals surface area contributed by atoms with Gasteiger partial charge in [-0.2, -0.15) is 0 Å². The second-order valence-corrected chi connectivity index (χ2v) is 18.7. The highest BCUT2D eigenvalue weighted by atomic mass is 14.8. The van der Waals surface area contributed by atoms with Crippen LogP contribution in [0.4, 0.5) is 0 Å². The molecule has 5 heterocycles. The van der Waals surface area contributed by atoms with Crippen molar-refractivity contribution in [2.45, 2.75) is 205 Å². The summed E-state index contributed by atoms with van der Waals surface area (Å²) in [6, 6.07) is 9.34. The minimum atomic E-state index is 1.02. The van der Waals surface area contributed by atoms with Crippen LogP contribution in [0.3, 0.4) is 0 Å². The van der Waals surface area contributed by atoms with E-state index in [1.165, 1.54) is 198 Å². The third-order valence-electron chi connectivity index (χ3n) is 13.5. The molecular weight excluding hydrogens is 777 g/mol. The van der Waals surface area contributed by atoms with Crippen LogP contribution in [0.1, 0.15) is 225 Å². The van der Waals surface area contributed by atoms with E-state index in [0.29, 0.717) is 0 Å². The number of nitrogens with zero attached hydrogens (tertiary/aromatic N) is 2. The van der Waals surface area contributed by atoms with Crippen LogP contribution < -0.4 is 0 Å². The van der Waals surface area contributed by atoms with Crippen molar-refractivity contribution in [3.63, 3.8) is 0 Å². The molecule has 0 aliphatic carbocycles. The van der Waals surface area contributed by atoms with Gasteiger partial charge in [-0.05, 0) is 151 Å². The second kappa shape index (κ2) is 30.7. The number of unbranched alkanes of at least 4 members (excludes halogenated alkanes) is 24.